The van der Waals surface area contributed by atoms with Crippen molar-refractivity contribution in [1.29, 1.82) is 0 Å². The van der Waals surface area contributed by atoms with E-state index in [-0.39, 0.29) is 17.3 Å². The van der Waals surface area contributed by atoms with E-state index < -0.39 is 0 Å². The number of thiazole rings is 1. The third-order valence-corrected chi connectivity index (χ3v) is 5.13. The molecule has 0 atom stereocenters. The van der Waals surface area contributed by atoms with Gasteiger partial charge in [0.2, 0.25) is 0 Å². The topological polar surface area (TPSA) is 50.2 Å². The Hall–Kier alpha value is -2.97. The molecule has 0 unspecified atom stereocenters. The van der Waals surface area contributed by atoms with Gasteiger partial charge in [-0.1, -0.05) is 18.1 Å². The molecule has 2 aromatic carbocycles. The van der Waals surface area contributed by atoms with E-state index in [9.17, 15) is 14.3 Å². The molecule has 0 aliphatic rings. The highest BCUT2D eigenvalue weighted by Crippen LogP contribution is 2.21. The van der Waals surface area contributed by atoms with Crippen molar-refractivity contribution in [2.24, 2.45) is 0 Å². The summed E-state index contributed by atoms with van der Waals surface area (Å²) in [4.78, 5) is 17.5. The standard InChI is InChI=1S/C22H18FNO2S/c1-15-22(20(26)4-2-3-16-5-10-18(23)11-6-16)27-21(24-15)14-9-17-7-12-19(25)13-8-17/h5-8,10-13,25H,2-4H2,1H3. The Balaban J connectivity index is 1.61. The molecule has 0 amide bonds. The number of carbonyl (C=O) groups is 1. The Bertz CT molecular complexity index is 996. The molecule has 136 valence electrons. The predicted molar refractivity (Wildman–Crippen MR) is 105 cm³/mol. The monoisotopic (exact) mass is 379 g/mol. The van der Waals surface area contributed by atoms with Crippen LogP contribution in [0.5, 0.6) is 5.75 Å². The van der Waals surface area contributed by atoms with E-state index in [4.69, 9.17) is 0 Å². The van der Waals surface area contributed by atoms with Gasteiger partial charge >= 0.3 is 0 Å². The normalized spacial score (nSPS) is 10.3. The number of aromatic hydroxyl groups is 1. The molecule has 0 fully saturated rings. The van der Waals surface area contributed by atoms with Gasteiger partial charge in [-0.2, -0.15) is 0 Å². The molecule has 3 nitrogen and oxygen atoms in total. The molecule has 0 radical (unpaired) electrons. The summed E-state index contributed by atoms with van der Waals surface area (Å²) in [6.45, 7) is 1.81. The SMILES string of the molecule is Cc1nc(C#Cc2ccc(O)cc2)sc1C(=O)CCCc1ccc(F)cc1. The first kappa shape index (κ1) is 18.8. The van der Waals surface area contributed by atoms with E-state index in [0.29, 0.717) is 28.4 Å². The van der Waals surface area contributed by atoms with Gasteiger partial charge in [-0.25, -0.2) is 9.37 Å². The minimum atomic E-state index is -0.254. The summed E-state index contributed by atoms with van der Waals surface area (Å²) in [6, 6.07) is 13.0. The number of ketones is 1. The van der Waals surface area contributed by atoms with Gasteiger partial charge in [0.05, 0.1) is 10.6 Å². The Kier molecular flexibility index (Phi) is 6.00. The maximum atomic E-state index is 12.9. The molecule has 1 aromatic heterocycles. The van der Waals surface area contributed by atoms with Crippen LogP contribution in [0.4, 0.5) is 4.39 Å². The summed E-state index contributed by atoms with van der Waals surface area (Å²) in [6.07, 6.45) is 1.86. The minimum Gasteiger partial charge on any atom is -0.508 e. The molecule has 0 spiro atoms. The number of phenolic OH excluding ortho intramolecular Hbond substituents is 1. The lowest BCUT2D eigenvalue weighted by molar-refractivity contribution is 0.0983. The van der Waals surface area contributed by atoms with Crippen LogP contribution in [-0.2, 0) is 6.42 Å². The predicted octanol–water partition coefficient (Wildman–Crippen LogP) is 4.90. The molecule has 1 heterocycles. The number of benzene rings is 2. The van der Waals surface area contributed by atoms with Crippen LogP contribution in [-0.4, -0.2) is 15.9 Å². The second kappa shape index (κ2) is 8.61. The lowest BCUT2D eigenvalue weighted by atomic mass is 10.1. The number of hydrogen-bond donors (Lipinski definition) is 1. The second-order valence-electron chi connectivity index (χ2n) is 6.13. The molecule has 1 N–H and O–H groups in total. The van der Waals surface area contributed by atoms with Gasteiger partial charge in [-0.15, -0.1) is 11.3 Å². The van der Waals surface area contributed by atoms with Gasteiger partial charge in [0.25, 0.3) is 0 Å². The number of nitrogens with zero attached hydrogens (tertiary/aromatic N) is 1. The molecular weight excluding hydrogens is 361 g/mol. The highest BCUT2D eigenvalue weighted by Gasteiger charge is 2.14. The van der Waals surface area contributed by atoms with Crippen LogP contribution in [0.3, 0.4) is 0 Å². The molecule has 5 heteroatoms. The number of halogens is 1. The molecule has 0 saturated carbocycles. The lowest BCUT2D eigenvalue weighted by Crippen LogP contribution is -1.99. The fourth-order valence-electron chi connectivity index (χ4n) is 2.60. The number of carbonyl (C=O) groups excluding carboxylic acids is 1. The quantitative estimate of drug-likeness (QED) is 0.507. The summed E-state index contributed by atoms with van der Waals surface area (Å²) in [7, 11) is 0. The highest BCUT2D eigenvalue weighted by atomic mass is 32.1. The number of hydrogen-bond acceptors (Lipinski definition) is 4. The lowest BCUT2D eigenvalue weighted by Gasteiger charge is -2.01. The van der Waals surface area contributed by atoms with Crippen molar-refractivity contribution in [3.8, 4) is 17.6 Å². The van der Waals surface area contributed by atoms with Crippen LogP contribution in [0.15, 0.2) is 48.5 Å². The second-order valence-corrected chi connectivity index (χ2v) is 7.13. The van der Waals surface area contributed by atoms with Gasteiger partial charge in [-0.05, 0) is 67.6 Å². The van der Waals surface area contributed by atoms with Gasteiger partial charge in [0.1, 0.15) is 11.6 Å². The Morgan fingerprint density at radius 2 is 1.81 bits per heavy atom. The minimum absolute atomic E-state index is 0.0600. The molecular formula is C22H18FNO2S. The summed E-state index contributed by atoms with van der Waals surface area (Å²) in [5.74, 6) is 5.95. The first-order chi connectivity index (χ1) is 13.0. The first-order valence-electron chi connectivity index (χ1n) is 8.57. The average Bonchev–Trinajstić information content (AvgIpc) is 3.03. The van der Waals surface area contributed by atoms with Gasteiger partial charge in [0.15, 0.2) is 10.8 Å². The molecule has 0 saturated heterocycles. The summed E-state index contributed by atoms with van der Waals surface area (Å²) in [5, 5.41) is 9.89. The van der Waals surface area contributed by atoms with E-state index in [1.54, 1.807) is 36.4 Å². The zero-order valence-corrected chi connectivity index (χ0v) is 15.6. The summed E-state index contributed by atoms with van der Waals surface area (Å²) in [5.41, 5.74) is 2.49. The third kappa shape index (κ3) is 5.25. The highest BCUT2D eigenvalue weighted by molar-refractivity contribution is 7.14. The Labute approximate surface area is 161 Å². The van der Waals surface area contributed by atoms with Crippen molar-refractivity contribution in [3.05, 3.63) is 81.1 Å². The average molecular weight is 379 g/mol. The van der Waals surface area contributed by atoms with E-state index in [1.807, 2.05) is 6.92 Å². The number of Topliss-reactive ketones (excluding diaryl/α,β-unsaturated/α-hetero) is 1. The van der Waals surface area contributed by atoms with Crippen LogP contribution in [0, 0.1) is 24.6 Å². The van der Waals surface area contributed by atoms with Crippen LogP contribution in [0.1, 0.15) is 44.3 Å². The van der Waals surface area contributed by atoms with E-state index in [2.05, 4.69) is 16.8 Å². The third-order valence-electron chi connectivity index (χ3n) is 4.01. The summed E-state index contributed by atoms with van der Waals surface area (Å²) >= 11 is 1.30. The van der Waals surface area contributed by atoms with Crippen LogP contribution < -0.4 is 0 Å². The van der Waals surface area contributed by atoms with E-state index in [1.165, 1.54) is 23.5 Å². The molecule has 3 rings (SSSR count). The van der Waals surface area contributed by atoms with Crippen molar-refractivity contribution >= 4 is 17.1 Å². The maximum absolute atomic E-state index is 12.9. The number of rotatable bonds is 5. The van der Waals surface area contributed by atoms with Crippen molar-refractivity contribution in [1.82, 2.24) is 4.98 Å². The smallest absolute Gasteiger partial charge is 0.174 e. The zero-order valence-electron chi connectivity index (χ0n) is 14.8. The van der Waals surface area contributed by atoms with E-state index >= 15 is 0 Å². The summed E-state index contributed by atoms with van der Waals surface area (Å²) < 4.78 is 12.9. The van der Waals surface area contributed by atoms with Crippen LogP contribution >= 0.6 is 11.3 Å². The van der Waals surface area contributed by atoms with E-state index in [0.717, 1.165) is 17.5 Å². The van der Waals surface area contributed by atoms with Crippen molar-refractivity contribution in [2.75, 3.05) is 0 Å². The van der Waals surface area contributed by atoms with Crippen LogP contribution in [0.25, 0.3) is 0 Å². The number of aromatic nitrogens is 1. The van der Waals surface area contributed by atoms with Gasteiger partial charge in [0, 0.05) is 12.0 Å². The van der Waals surface area contributed by atoms with Gasteiger partial charge < -0.3 is 5.11 Å². The maximum Gasteiger partial charge on any atom is 0.174 e. The molecule has 27 heavy (non-hydrogen) atoms. The Morgan fingerprint density at radius 3 is 2.52 bits per heavy atom. The number of phenols is 1. The van der Waals surface area contributed by atoms with Crippen molar-refractivity contribution in [3.63, 3.8) is 0 Å². The fourth-order valence-corrected chi connectivity index (χ4v) is 3.48. The first-order valence-corrected chi connectivity index (χ1v) is 9.39. The van der Waals surface area contributed by atoms with Crippen molar-refractivity contribution in [2.45, 2.75) is 26.2 Å². The molecule has 0 bridgehead atoms. The number of aryl methyl sites for hydroxylation is 2. The zero-order chi connectivity index (χ0) is 19.2. The fraction of sp³-hybridized carbons (Fsp3) is 0.182. The Morgan fingerprint density at radius 1 is 1.11 bits per heavy atom. The van der Waals surface area contributed by atoms with Gasteiger partial charge in [-0.3, -0.25) is 4.79 Å². The van der Waals surface area contributed by atoms with Crippen LogP contribution in [0.2, 0.25) is 0 Å². The molecule has 0 aliphatic heterocycles. The van der Waals surface area contributed by atoms with Crippen molar-refractivity contribution < 1.29 is 14.3 Å². The molecule has 0 aliphatic carbocycles. The molecule has 3 aromatic rings. The largest absolute Gasteiger partial charge is 0.508 e.